The van der Waals surface area contributed by atoms with Crippen molar-refractivity contribution in [1.29, 1.82) is 0 Å². The number of hydrogen-bond acceptors (Lipinski definition) is 5. The van der Waals surface area contributed by atoms with E-state index in [1.165, 1.54) is 0 Å². The summed E-state index contributed by atoms with van der Waals surface area (Å²) in [4.78, 5) is 16.8. The molecule has 4 unspecified atom stereocenters. The molecule has 0 spiro atoms. The van der Waals surface area contributed by atoms with Crippen LogP contribution in [0.25, 0.3) is 11.1 Å². The Bertz CT molecular complexity index is 1030. The fraction of sp³-hybridized carbons (Fsp3) is 0.536. The van der Waals surface area contributed by atoms with Gasteiger partial charge in [-0.05, 0) is 60.9 Å². The molecule has 0 aliphatic carbocycles. The van der Waals surface area contributed by atoms with Crippen LogP contribution >= 0.6 is 11.6 Å². The summed E-state index contributed by atoms with van der Waals surface area (Å²) < 4.78 is 5.25. The molecule has 36 heavy (non-hydrogen) atoms. The largest absolute Gasteiger partial charge is 0.390 e. The molecule has 2 aliphatic rings. The van der Waals surface area contributed by atoms with Gasteiger partial charge < -0.3 is 30.5 Å². The van der Waals surface area contributed by atoms with Gasteiger partial charge in [0.05, 0.1) is 11.7 Å². The molecule has 196 valence electrons. The fourth-order valence-electron chi connectivity index (χ4n) is 5.68. The van der Waals surface area contributed by atoms with E-state index in [1.807, 2.05) is 53.4 Å². The van der Waals surface area contributed by atoms with Gasteiger partial charge in [0.2, 0.25) is 0 Å². The van der Waals surface area contributed by atoms with Crippen molar-refractivity contribution in [3.63, 3.8) is 0 Å². The van der Waals surface area contributed by atoms with Gasteiger partial charge in [0.25, 0.3) is 0 Å². The lowest BCUT2D eigenvalue weighted by molar-refractivity contribution is -0.0571. The van der Waals surface area contributed by atoms with Crippen molar-refractivity contribution < 1.29 is 19.7 Å². The number of urea groups is 1. The standard InChI is InChI=1S/C28H38ClN3O4/c1-36-15-5-4-13-28(35,24-12-3-2-11-23(24)20-8-6-10-22(29)16-20)21-9-7-14-31(17-21)27(34)32-18-25(30)26(33)19-32/h2-3,6,8,10-12,16,21,25-26,33,35H,4-5,7,9,13-15,17-19,30H2,1H3. The number of unbranched alkanes of at least 4 members (excludes halogenated alkanes) is 1. The third kappa shape index (κ3) is 5.87. The molecule has 0 saturated carbocycles. The van der Waals surface area contributed by atoms with Crippen molar-refractivity contribution in [3.05, 3.63) is 59.1 Å². The lowest BCUT2D eigenvalue weighted by Gasteiger charge is -2.44. The van der Waals surface area contributed by atoms with E-state index in [0.717, 1.165) is 42.4 Å². The first-order chi connectivity index (χ1) is 17.3. The topological polar surface area (TPSA) is 99.3 Å². The van der Waals surface area contributed by atoms with E-state index < -0.39 is 17.7 Å². The first kappa shape index (κ1) is 26.9. The van der Waals surface area contributed by atoms with Crippen LogP contribution in [-0.4, -0.2) is 78.1 Å². The Balaban J connectivity index is 1.64. The van der Waals surface area contributed by atoms with E-state index in [2.05, 4.69) is 0 Å². The Kier molecular flexibility index (Phi) is 8.91. The zero-order valence-corrected chi connectivity index (χ0v) is 21.7. The Labute approximate surface area is 218 Å². The Hall–Kier alpha value is -2.16. The predicted octanol–water partition coefficient (Wildman–Crippen LogP) is 3.85. The van der Waals surface area contributed by atoms with Crippen LogP contribution in [0.4, 0.5) is 4.79 Å². The number of methoxy groups -OCH3 is 1. The van der Waals surface area contributed by atoms with Crippen LogP contribution in [-0.2, 0) is 10.3 Å². The van der Waals surface area contributed by atoms with Crippen molar-refractivity contribution in [2.45, 2.75) is 49.9 Å². The van der Waals surface area contributed by atoms with E-state index in [-0.39, 0.29) is 18.5 Å². The van der Waals surface area contributed by atoms with E-state index in [1.54, 1.807) is 12.0 Å². The summed E-state index contributed by atoms with van der Waals surface area (Å²) in [6, 6.07) is 15.1. The number of carbonyl (C=O) groups is 1. The molecule has 0 bridgehead atoms. The van der Waals surface area contributed by atoms with Crippen LogP contribution < -0.4 is 5.73 Å². The summed E-state index contributed by atoms with van der Waals surface area (Å²) in [6.45, 7) is 2.32. The van der Waals surface area contributed by atoms with Gasteiger partial charge >= 0.3 is 6.03 Å². The van der Waals surface area contributed by atoms with Gasteiger partial charge in [-0.3, -0.25) is 0 Å². The first-order valence-electron chi connectivity index (χ1n) is 12.9. The van der Waals surface area contributed by atoms with Crippen LogP contribution in [0.3, 0.4) is 0 Å². The molecule has 0 radical (unpaired) electrons. The molecule has 7 nitrogen and oxygen atoms in total. The summed E-state index contributed by atoms with van der Waals surface area (Å²) in [5.74, 6) is -0.140. The van der Waals surface area contributed by atoms with Crippen molar-refractivity contribution >= 4 is 17.6 Å². The van der Waals surface area contributed by atoms with E-state index in [9.17, 15) is 15.0 Å². The van der Waals surface area contributed by atoms with Crippen molar-refractivity contribution in [1.82, 2.24) is 9.80 Å². The van der Waals surface area contributed by atoms with Crippen LogP contribution in [0, 0.1) is 5.92 Å². The normalized spacial score (nSPS) is 24.1. The lowest BCUT2D eigenvalue weighted by atomic mass is 9.72. The molecule has 8 heteroatoms. The maximum Gasteiger partial charge on any atom is 0.320 e. The smallest absolute Gasteiger partial charge is 0.320 e. The zero-order valence-electron chi connectivity index (χ0n) is 21.0. The fourth-order valence-corrected chi connectivity index (χ4v) is 5.87. The summed E-state index contributed by atoms with van der Waals surface area (Å²) in [5.41, 5.74) is 7.59. The van der Waals surface area contributed by atoms with Crippen molar-refractivity contribution in [3.8, 4) is 11.1 Å². The van der Waals surface area contributed by atoms with E-state index in [0.29, 0.717) is 37.7 Å². The minimum absolute atomic E-state index is 0.114. The molecule has 2 fully saturated rings. The predicted molar refractivity (Wildman–Crippen MR) is 142 cm³/mol. The molecule has 2 saturated heterocycles. The third-order valence-electron chi connectivity index (χ3n) is 7.66. The molecular formula is C28H38ClN3O4. The number of benzene rings is 2. The number of halogens is 1. The van der Waals surface area contributed by atoms with E-state index >= 15 is 0 Å². The second-order valence-corrected chi connectivity index (χ2v) is 10.6. The minimum Gasteiger partial charge on any atom is -0.390 e. The number of nitrogens with two attached hydrogens (primary N) is 1. The van der Waals surface area contributed by atoms with Gasteiger partial charge in [0.15, 0.2) is 0 Å². The Morgan fingerprint density at radius 1 is 1.14 bits per heavy atom. The number of likely N-dealkylation sites (tertiary alicyclic amines) is 2. The average Bonchev–Trinajstić information content (AvgIpc) is 3.24. The Morgan fingerprint density at radius 2 is 1.94 bits per heavy atom. The second kappa shape index (κ2) is 11.9. The maximum atomic E-state index is 13.3. The van der Waals surface area contributed by atoms with Gasteiger partial charge in [0.1, 0.15) is 0 Å². The number of rotatable bonds is 8. The quantitative estimate of drug-likeness (QED) is 0.464. The Morgan fingerprint density at radius 3 is 2.67 bits per heavy atom. The SMILES string of the molecule is COCCCCC(O)(c1ccccc1-c1cccc(Cl)c1)C1CCCN(C(=O)N2CC(N)C(O)C2)C1. The monoisotopic (exact) mass is 515 g/mol. The summed E-state index contributed by atoms with van der Waals surface area (Å²) in [6.07, 6.45) is 3.13. The maximum absolute atomic E-state index is 13.3. The molecule has 4 atom stereocenters. The van der Waals surface area contributed by atoms with Crippen LogP contribution in [0.5, 0.6) is 0 Å². The highest BCUT2D eigenvalue weighted by Gasteiger charge is 2.43. The highest BCUT2D eigenvalue weighted by Crippen LogP contribution is 2.44. The number of nitrogens with zero attached hydrogens (tertiary/aromatic N) is 2. The molecule has 2 amide bonds. The van der Waals surface area contributed by atoms with Gasteiger partial charge in [-0.1, -0.05) is 48.0 Å². The number of carbonyl (C=O) groups excluding carboxylic acids is 1. The number of aliphatic hydroxyl groups is 2. The van der Waals surface area contributed by atoms with Crippen LogP contribution in [0.1, 0.15) is 37.7 Å². The summed E-state index contributed by atoms with van der Waals surface area (Å²) >= 11 is 6.31. The highest BCUT2D eigenvalue weighted by molar-refractivity contribution is 6.30. The summed E-state index contributed by atoms with van der Waals surface area (Å²) in [5, 5.41) is 23.2. The van der Waals surface area contributed by atoms with Crippen molar-refractivity contribution in [2.75, 3.05) is 39.9 Å². The number of piperidine rings is 1. The number of amides is 2. The highest BCUT2D eigenvalue weighted by atomic mass is 35.5. The second-order valence-electron chi connectivity index (χ2n) is 10.1. The van der Waals surface area contributed by atoms with Crippen molar-refractivity contribution in [2.24, 2.45) is 11.7 Å². The minimum atomic E-state index is -1.13. The van der Waals surface area contributed by atoms with Crippen LogP contribution in [0.15, 0.2) is 48.5 Å². The molecule has 2 aromatic carbocycles. The summed E-state index contributed by atoms with van der Waals surface area (Å²) in [7, 11) is 1.69. The van der Waals surface area contributed by atoms with Gasteiger partial charge in [-0.15, -0.1) is 0 Å². The number of aliphatic hydroxyl groups excluding tert-OH is 1. The molecule has 2 aromatic rings. The number of ether oxygens (including phenoxy) is 1. The number of hydrogen-bond donors (Lipinski definition) is 3. The van der Waals surface area contributed by atoms with Gasteiger partial charge in [-0.2, -0.15) is 0 Å². The van der Waals surface area contributed by atoms with Gasteiger partial charge in [0, 0.05) is 56.9 Å². The zero-order chi connectivity index (χ0) is 25.7. The van der Waals surface area contributed by atoms with Crippen LogP contribution in [0.2, 0.25) is 5.02 Å². The molecular weight excluding hydrogens is 478 g/mol. The molecule has 4 rings (SSSR count). The number of β-amino-alcohol motifs (C(OH)–C–C–N with tert-alkyl or cyclic N) is 1. The molecule has 0 aromatic heterocycles. The lowest BCUT2D eigenvalue weighted by Crippen LogP contribution is -2.52. The molecule has 4 N–H and O–H groups in total. The van der Waals surface area contributed by atoms with Gasteiger partial charge in [-0.25, -0.2) is 4.79 Å². The molecule has 2 heterocycles. The third-order valence-corrected chi connectivity index (χ3v) is 7.89. The average molecular weight is 516 g/mol. The van der Waals surface area contributed by atoms with E-state index in [4.69, 9.17) is 22.1 Å². The molecule has 2 aliphatic heterocycles. The first-order valence-corrected chi connectivity index (χ1v) is 13.3.